The zero-order valence-corrected chi connectivity index (χ0v) is 14.1. The zero-order chi connectivity index (χ0) is 18.8. The number of nitrogens with two attached hydrogens (primary N) is 1. The van der Waals surface area contributed by atoms with E-state index in [0.29, 0.717) is 11.5 Å². The molecule has 0 saturated heterocycles. The predicted octanol–water partition coefficient (Wildman–Crippen LogP) is 1.84. The molecule has 0 radical (unpaired) electrons. The predicted molar refractivity (Wildman–Crippen MR) is 88.4 cm³/mol. The van der Waals surface area contributed by atoms with Crippen molar-refractivity contribution in [2.75, 3.05) is 18.7 Å². The van der Waals surface area contributed by atoms with Crippen molar-refractivity contribution in [2.24, 2.45) is 5.73 Å². The Labute approximate surface area is 148 Å². The number of esters is 1. The molecule has 1 aliphatic rings. The van der Waals surface area contributed by atoms with Gasteiger partial charge in [0.1, 0.15) is 16.9 Å². The highest BCUT2D eigenvalue weighted by Gasteiger charge is 2.29. The van der Waals surface area contributed by atoms with Gasteiger partial charge in [-0.1, -0.05) is 0 Å². The van der Waals surface area contributed by atoms with E-state index >= 15 is 0 Å². The molecule has 26 heavy (non-hydrogen) atoms. The normalized spacial score (nSPS) is 11.9. The number of fused-ring (bicyclic) bond motifs is 1. The first-order valence-corrected chi connectivity index (χ1v) is 7.73. The molecular formula is C17H16N2O7. The van der Waals surface area contributed by atoms with E-state index in [4.69, 9.17) is 24.4 Å². The molecule has 136 valence electrons. The Morgan fingerprint density at radius 2 is 1.92 bits per heavy atom. The van der Waals surface area contributed by atoms with E-state index in [9.17, 15) is 14.4 Å². The van der Waals surface area contributed by atoms with Gasteiger partial charge < -0.3 is 24.4 Å². The topological polar surface area (TPSA) is 130 Å². The maximum Gasteiger partial charge on any atom is 0.342 e. The minimum Gasteiger partial charge on any atom is -0.462 e. The number of ether oxygens (including phenoxy) is 3. The Hall–Kier alpha value is -3.49. The van der Waals surface area contributed by atoms with E-state index in [1.165, 1.54) is 19.1 Å². The van der Waals surface area contributed by atoms with Crippen LogP contribution in [-0.4, -0.2) is 31.2 Å². The maximum atomic E-state index is 12.5. The quantitative estimate of drug-likeness (QED) is 0.778. The molecule has 9 nitrogen and oxygen atoms in total. The number of nitrogens with one attached hydrogen (secondary N) is 1. The molecule has 0 fully saturated rings. The number of hydrogen-bond acceptors (Lipinski definition) is 7. The SMILES string of the molecule is CCOC(=O)c1c(C)oc(NC(=O)c2ccc3c(c2)OCO3)c1C(N)=O. The van der Waals surface area contributed by atoms with Crippen LogP contribution >= 0.6 is 0 Å². The van der Waals surface area contributed by atoms with Crippen LogP contribution < -0.4 is 20.5 Å². The van der Waals surface area contributed by atoms with Gasteiger partial charge in [-0.2, -0.15) is 0 Å². The molecule has 3 N–H and O–H groups in total. The summed E-state index contributed by atoms with van der Waals surface area (Å²) in [6.45, 7) is 3.28. The van der Waals surface area contributed by atoms with Gasteiger partial charge in [0.25, 0.3) is 11.8 Å². The van der Waals surface area contributed by atoms with Gasteiger partial charge in [0.2, 0.25) is 12.7 Å². The Balaban J connectivity index is 1.92. The van der Waals surface area contributed by atoms with Crippen LogP contribution in [0.25, 0.3) is 0 Å². The zero-order valence-electron chi connectivity index (χ0n) is 14.1. The average Bonchev–Trinajstić information content (AvgIpc) is 3.18. The number of carbonyl (C=O) groups excluding carboxylic acids is 3. The number of benzene rings is 1. The molecule has 9 heteroatoms. The number of rotatable bonds is 5. The van der Waals surface area contributed by atoms with Crippen molar-refractivity contribution in [3.8, 4) is 11.5 Å². The van der Waals surface area contributed by atoms with E-state index in [-0.39, 0.29) is 41.7 Å². The summed E-state index contributed by atoms with van der Waals surface area (Å²) in [4.78, 5) is 36.3. The summed E-state index contributed by atoms with van der Waals surface area (Å²) in [7, 11) is 0. The van der Waals surface area contributed by atoms with Crippen LogP contribution in [0.5, 0.6) is 11.5 Å². The van der Waals surface area contributed by atoms with Crippen molar-refractivity contribution in [3.05, 3.63) is 40.6 Å². The summed E-state index contributed by atoms with van der Waals surface area (Å²) >= 11 is 0. The van der Waals surface area contributed by atoms with E-state index < -0.39 is 17.8 Å². The number of amides is 2. The number of hydrogen-bond donors (Lipinski definition) is 2. The molecule has 1 aromatic carbocycles. The van der Waals surface area contributed by atoms with Crippen LogP contribution in [0.15, 0.2) is 22.6 Å². The summed E-state index contributed by atoms with van der Waals surface area (Å²) in [5.41, 5.74) is 5.25. The fourth-order valence-corrected chi connectivity index (χ4v) is 2.53. The highest BCUT2D eigenvalue weighted by atomic mass is 16.7. The molecular weight excluding hydrogens is 344 g/mol. The second-order valence-corrected chi connectivity index (χ2v) is 5.34. The largest absolute Gasteiger partial charge is 0.462 e. The van der Waals surface area contributed by atoms with E-state index in [2.05, 4.69) is 5.32 Å². The fraction of sp³-hybridized carbons (Fsp3) is 0.235. The maximum absolute atomic E-state index is 12.5. The Kier molecular flexibility index (Phi) is 4.53. The lowest BCUT2D eigenvalue weighted by atomic mass is 10.1. The van der Waals surface area contributed by atoms with Crippen molar-refractivity contribution in [2.45, 2.75) is 13.8 Å². The van der Waals surface area contributed by atoms with Gasteiger partial charge in [-0.15, -0.1) is 0 Å². The molecule has 2 aromatic rings. The number of furan rings is 1. The van der Waals surface area contributed by atoms with Gasteiger partial charge in [-0.3, -0.25) is 14.9 Å². The van der Waals surface area contributed by atoms with E-state index in [1.54, 1.807) is 13.0 Å². The third-order valence-electron chi connectivity index (χ3n) is 3.67. The molecule has 1 aromatic heterocycles. The lowest BCUT2D eigenvalue weighted by molar-refractivity contribution is 0.0521. The van der Waals surface area contributed by atoms with Crippen molar-refractivity contribution in [1.82, 2.24) is 0 Å². The molecule has 0 spiro atoms. The van der Waals surface area contributed by atoms with Crippen LogP contribution in [0.4, 0.5) is 5.88 Å². The van der Waals surface area contributed by atoms with Crippen molar-refractivity contribution < 1.29 is 33.0 Å². The van der Waals surface area contributed by atoms with Crippen LogP contribution in [0.3, 0.4) is 0 Å². The van der Waals surface area contributed by atoms with Gasteiger partial charge in [0.15, 0.2) is 11.5 Å². The third kappa shape index (κ3) is 3.06. The van der Waals surface area contributed by atoms with Crippen molar-refractivity contribution in [3.63, 3.8) is 0 Å². The molecule has 0 aliphatic carbocycles. The Morgan fingerprint density at radius 3 is 2.62 bits per heavy atom. The molecule has 1 aliphatic heterocycles. The average molecular weight is 360 g/mol. The summed E-state index contributed by atoms with van der Waals surface area (Å²) in [6.07, 6.45) is 0. The molecule has 0 unspecified atom stereocenters. The van der Waals surface area contributed by atoms with Crippen LogP contribution in [0, 0.1) is 6.92 Å². The van der Waals surface area contributed by atoms with Crippen LogP contribution in [0.1, 0.15) is 43.8 Å². The minimum atomic E-state index is -0.925. The summed E-state index contributed by atoms with van der Waals surface area (Å²) in [6, 6.07) is 4.60. The molecule has 2 heterocycles. The first kappa shape index (κ1) is 17.3. The highest BCUT2D eigenvalue weighted by molar-refractivity contribution is 6.12. The lowest BCUT2D eigenvalue weighted by Gasteiger charge is -2.05. The first-order chi connectivity index (χ1) is 12.4. The van der Waals surface area contributed by atoms with Gasteiger partial charge in [0, 0.05) is 5.56 Å². The molecule has 2 amide bonds. The highest BCUT2D eigenvalue weighted by Crippen LogP contribution is 2.33. The summed E-state index contributed by atoms with van der Waals surface area (Å²) in [5, 5.41) is 2.45. The van der Waals surface area contributed by atoms with E-state index in [0.717, 1.165) is 0 Å². The second-order valence-electron chi connectivity index (χ2n) is 5.34. The Morgan fingerprint density at radius 1 is 1.19 bits per heavy atom. The second kappa shape index (κ2) is 6.79. The number of carbonyl (C=O) groups is 3. The monoisotopic (exact) mass is 360 g/mol. The van der Waals surface area contributed by atoms with Crippen LogP contribution in [-0.2, 0) is 4.74 Å². The van der Waals surface area contributed by atoms with Crippen molar-refractivity contribution in [1.29, 1.82) is 0 Å². The standard InChI is InChI=1S/C17H16N2O7/c1-3-23-17(22)12-8(2)26-16(13(12)14(18)20)19-15(21)9-4-5-10-11(6-9)25-7-24-10/h4-6H,3,7H2,1-2H3,(H2,18,20)(H,19,21). The molecule has 3 rings (SSSR count). The van der Waals surface area contributed by atoms with Gasteiger partial charge in [-0.05, 0) is 32.0 Å². The number of aryl methyl sites for hydroxylation is 1. The lowest BCUT2D eigenvalue weighted by Crippen LogP contribution is -2.20. The minimum absolute atomic E-state index is 0.0759. The van der Waals surface area contributed by atoms with E-state index in [1.807, 2.05) is 0 Å². The summed E-state index contributed by atoms with van der Waals surface area (Å²) < 4.78 is 20.7. The molecule has 0 bridgehead atoms. The van der Waals surface area contributed by atoms with Gasteiger partial charge >= 0.3 is 5.97 Å². The smallest absolute Gasteiger partial charge is 0.342 e. The molecule has 0 atom stereocenters. The van der Waals surface area contributed by atoms with Crippen LogP contribution in [0.2, 0.25) is 0 Å². The first-order valence-electron chi connectivity index (χ1n) is 7.73. The number of anilines is 1. The van der Waals surface area contributed by atoms with Gasteiger partial charge in [-0.25, -0.2) is 4.79 Å². The fourth-order valence-electron chi connectivity index (χ4n) is 2.53. The van der Waals surface area contributed by atoms with Crippen molar-refractivity contribution >= 4 is 23.7 Å². The third-order valence-corrected chi connectivity index (χ3v) is 3.67. The Bertz CT molecular complexity index is 901. The number of primary amides is 1. The molecule has 0 saturated carbocycles. The van der Waals surface area contributed by atoms with Gasteiger partial charge in [0.05, 0.1) is 6.61 Å². The summed E-state index contributed by atoms with van der Waals surface area (Å²) in [5.74, 6) is -1.42.